The fraction of sp³-hybridized carbons (Fsp3) is 0.167. The maximum Gasteiger partial charge on any atom is 0.213 e. The number of hydrogen-bond donors (Lipinski definition) is 0. The van der Waals surface area contributed by atoms with E-state index in [2.05, 4.69) is 15.0 Å². The summed E-state index contributed by atoms with van der Waals surface area (Å²) in [4.78, 5) is 6.46. The van der Waals surface area contributed by atoms with Gasteiger partial charge in [-0.3, -0.25) is 0 Å². The highest BCUT2D eigenvalue weighted by Crippen LogP contribution is 2.15. The van der Waals surface area contributed by atoms with Gasteiger partial charge in [0.2, 0.25) is 5.88 Å². The van der Waals surface area contributed by atoms with Crippen molar-refractivity contribution < 1.29 is 4.74 Å². The Balaban J connectivity index is 3.00. The van der Waals surface area contributed by atoms with Crippen LogP contribution >= 0.6 is 0 Å². The van der Waals surface area contributed by atoms with Crippen LogP contribution in [-0.2, 0) is 0 Å². The second-order valence-electron chi connectivity index (χ2n) is 1.75. The van der Waals surface area contributed by atoms with E-state index in [9.17, 15) is 0 Å². The number of nitrogens with zero attached hydrogens (tertiary/aromatic N) is 4. The van der Waals surface area contributed by atoms with Crippen molar-refractivity contribution in [3.8, 4) is 5.88 Å². The monoisotopic (exact) mass is 150 g/mol. The number of azide groups is 1. The Labute approximate surface area is 63.3 Å². The Bertz CT molecular complexity index is 292. The van der Waals surface area contributed by atoms with Crippen LogP contribution in [0.3, 0.4) is 0 Å². The molecule has 1 heterocycles. The molecule has 0 aromatic carbocycles. The fourth-order valence-corrected chi connectivity index (χ4v) is 0.624. The van der Waals surface area contributed by atoms with Gasteiger partial charge in [0.15, 0.2) is 0 Å². The predicted octanol–water partition coefficient (Wildman–Crippen LogP) is 2.03. The molecule has 0 saturated carbocycles. The van der Waals surface area contributed by atoms with Gasteiger partial charge in [-0.1, -0.05) is 5.11 Å². The van der Waals surface area contributed by atoms with E-state index in [1.807, 2.05) is 0 Å². The van der Waals surface area contributed by atoms with Crippen molar-refractivity contribution >= 4 is 5.69 Å². The SMILES string of the molecule is COc1cc(N=[N+]=[N-])ccn1. The van der Waals surface area contributed by atoms with Gasteiger partial charge < -0.3 is 4.74 Å². The Morgan fingerprint density at radius 2 is 2.55 bits per heavy atom. The van der Waals surface area contributed by atoms with Crippen LogP contribution in [0.25, 0.3) is 10.4 Å². The highest BCUT2D eigenvalue weighted by Gasteiger charge is 1.91. The molecular weight excluding hydrogens is 144 g/mol. The van der Waals surface area contributed by atoms with Gasteiger partial charge in [-0.05, 0) is 11.6 Å². The first-order chi connectivity index (χ1) is 5.36. The molecule has 0 atom stereocenters. The molecule has 0 fully saturated rings. The molecule has 0 amide bonds. The maximum absolute atomic E-state index is 8.08. The Morgan fingerprint density at radius 3 is 3.18 bits per heavy atom. The molecular formula is C6H6N4O. The van der Waals surface area contributed by atoms with Gasteiger partial charge in [0.1, 0.15) is 0 Å². The molecule has 56 valence electrons. The molecule has 0 aliphatic rings. The summed E-state index contributed by atoms with van der Waals surface area (Å²) in [5.41, 5.74) is 8.58. The minimum absolute atomic E-state index is 0.440. The van der Waals surface area contributed by atoms with Gasteiger partial charge >= 0.3 is 0 Å². The van der Waals surface area contributed by atoms with Crippen LogP contribution in [0.15, 0.2) is 23.4 Å². The molecule has 0 saturated heterocycles. The number of methoxy groups -OCH3 is 1. The van der Waals surface area contributed by atoms with Gasteiger partial charge in [0.05, 0.1) is 7.11 Å². The quantitative estimate of drug-likeness (QED) is 0.367. The van der Waals surface area contributed by atoms with Gasteiger partial charge in [-0.25, -0.2) is 4.98 Å². The highest BCUT2D eigenvalue weighted by atomic mass is 16.5. The van der Waals surface area contributed by atoms with Crippen molar-refractivity contribution in [2.45, 2.75) is 0 Å². The van der Waals surface area contributed by atoms with E-state index in [1.54, 1.807) is 12.1 Å². The zero-order valence-electron chi connectivity index (χ0n) is 5.93. The lowest BCUT2D eigenvalue weighted by Gasteiger charge is -1.96. The van der Waals surface area contributed by atoms with E-state index >= 15 is 0 Å². The van der Waals surface area contributed by atoms with Crippen molar-refractivity contribution in [1.29, 1.82) is 0 Å². The minimum atomic E-state index is 0.440. The van der Waals surface area contributed by atoms with Crippen LogP contribution in [0.5, 0.6) is 5.88 Å². The Hall–Kier alpha value is -1.74. The van der Waals surface area contributed by atoms with Crippen molar-refractivity contribution in [2.75, 3.05) is 7.11 Å². The Morgan fingerprint density at radius 1 is 1.73 bits per heavy atom. The first-order valence-corrected chi connectivity index (χ1v) is 2.92. The lowest BCUT2D eigenvalue weighted by Crippen LogP contribution is -1.84. The van der Waals surface area contributed by atoms with Crippen molar-refractivity contribution in [3.63, 3.8) is 0 Å². The van der Waals surface area contributed by atoms with Crippen molar-refractivity contribution in [1.82, 2.24) is 4.98 Å². The molecule has 1 rings (SSSR count). The summed E-state index contributed by atoms with van der Waals surface area (Å²) < 4.78 is 4.81. The summed E-state index contributed by atoms with van der Waals surface area (Å²) in [6, 6.07) is 3.15. The molecule has 5 nitrogen and oxygen atoms in total. The van der Waals surface area contributed by atoms with Crippen molar-refractivity contribution in [3.05, 3.63) is 28.8 Å². The standard InChI is InChI=1S/C6H6N4O/c1-11-6-4-5(9-10-7)2-3-8-6/h2-4H,1H3. The second kappa shape index (κ2) is 3.43. The second-order valence-corrected chi connectivity index (χ2v) is 1.75. The lowest BCUT2D eigenvalue weighted by molar-refractivity contribution is 0.398. The number of hydrogen-bond acceptors (Lipinski definition) is 3. The fourth-order valence-electron chi connectivity index (χ4n) is 0.624. The van der Waals surface area contributed by atoms with E-state index in [4.69, 9.17) is 10.3 Å². The molecule has 1 aromatic heterocycles. The average Bonchev–Trinajstić information content (AvgIpc) is 2.06. The number of aromatic nitrogens is 1. The van der Waals surface area contributed by atoms with Crippen LogP contribution in [-0.4, -0.2) is 12.1 Å². The van der Waals surface area contributed by atoms with E-state index in [1.165, 1.54) is 13.3 Å². The summed E-state index contributed by atoms with van der Waals surface area (Å²) >= 11 is 0. The average molecular weight is 150 g/mol. The molecule has 0 aliphatic heterocycles. The highest BCUT2D eigenvalue weighted by molar-refractivity contribution is 5.38. The smallest absolute Gasteiger partial charge is 0.213 e. The van der Waals surface area contributed by atoms with E-state index in [0.29, 0.717) is 11.6 Å². The van der Waals surface area contributed by atoms with Crippen LogP contribution < -0.4 is 4.74 Å². The number of pyridine rings is 1. The van der Waals surface area contributed by atoms with Crippen LogP contribution in [0.4, 0.5) is 5.69 Å². The van der Waals surface area contributed by atoms with Crippen LogP contribution in [0.2, 0.25) is 0 Å². The predicted molar refractivity (Wildman–Crippen MR) is 39.6 cm³/mol. The molecule has 0 unspecified atom stereocenters. The Kier molecular flexibility index (Phi) is 2.30. The first-order valence-electron chi connectivity index (χ1n) is 2.92. The van der Waals surface area contributed by atoms with Gasteiger partial charge in [-0.15, -0.1) is 0 Å². The van der Waals surface area contributed by atoms with Gasteiger partial charge in [0, 0.05) is 22.9 Å². The van der Waals surface area contributed by atoms with E-state index in [-0.39, 0.29) is 0 Å². The largest absolute Gasteiger partial charge is 0.481 e. The zero-order chi connectivity index (χ0) is 8.10. The van der Waals surface area contributed by atoms with Crippen molar-refractivity contribution in [2.24, 2.45) is 5.11 Å². The third-order valence-corrected chi connectivity index (χ3v) is 1.09. The molecule has 0 spiro atoms. The summed E-state index contributed by atoms with van der Waals surface area (Å²) in [6.07, 6.45) is 1.52. The first kappa shape index (κ1) is 7.37. The maximum atomic E-state index is 8.08. The zero-order valence-corrected chi connectivity index (χ0v) is 5.93. The topological polar surface area (TPSA) is 70.9 Å². The molecule has 0 radical (unpaired) electrons. The third-order valence-electron chi connectivity index (χ3n) is 1.09. The molecule has 1 aromatic rings. The summed E-state index contributed by atoms with van der Waals surface area (Å²) in [5, 5.41) is 3.38. The number of ether oxygens (including phenoxy) is 1. The van der Waals surface area contributed by atoms with Crippen LogP contribution in [0.1, 0.15) is 0 Å². The summed E-state index contributed by atoms with van der Waals surface area (Å²) in [7, 11) is 1.50. The van der Waals surface area contributed by atoms with E-state index in [0.717, 1.165) is 0 Å². The van der Waals surface area contributed by atoms with Crippen LogP contribution in [0, 0.1) is 0 Å². The summed E-state index contributed by atoms with van der Waals surface area (Å²) in [5.74, 6) is 0.440. The molecule has 5 heteroatoms. The van der Waals surface area contributed by atoms with Gasteiger partial charge in [0.25, 0.3) is 0 Å². The molecule has 11 heavy (non-hydrogen) atoms. The molecule has 0 bridgehead atoms. The molecule has 0 aliphatic carbocycles. The minimum Gasteiger partial charge on any atom is -0.481 e. The van der Waals surface area contributed by atoms with E-state index < -0.39 is 0 Å². The number of rotatable bonds is 2. The lowest BCUT2D eigenvalue weighted by atomic mass is 10.4. The van der Waals surface area contributed by atoms with Gasteiger partial charge in [-0.2, -0.15) is 0 Å². The molecule has 0 N–H and O–H groups in total. The third kappa shape index (κ3) is 1.84. The normalized spacial score (nSPS) is 8.45. The summed E-state index contributed by atoms with van der Waals surface area (Å²) in [6.45, 7) is 0.